The van der Waals surface area contributed by atoms with Gasteiger partial charge in [-0.05, 0) is 103 Å². The third kappa shape index (κ3) is 8.53. The number of aromatic nitrogens is 6. The standard InChI is InChI=1S/C20H18N4O2.C18H14N4O2.Na.H2O/c1-2-26-20(25)17-12-24(23-19(17)9-21)11-13-3-6-18-15(7-13)8-16(10-22-18)14-4-5-14;19-7-17-15(18(23)24)10-22(21-17)9-11-1-4-16-13(5-11)6-14(8-20-16)12-2-3-12;;/h3,6-8,10,12,14H,2,4-5,11H2,1H3;1,4-6,8,10,12H,2-3,9H2,(H,23,24);;1H2/q;;+1;/p-1. The van der Waals surface area contributed by atoms with E-state index in [2.05, 4.69) is 38.4 Å². The van der Waals surface area contributed by atoms with E-state index in [1.165, 1.54) is 47.7 Å². The van der Waals surface area contributed by atoms with Gasteiger partial charge < -0.3 is 15.3 Å². The predicted octanol–water partition coefficient (Wildman–Crippen LogP) is 3.16. The van der Waals surface area contributed by atoms with Gasteiger partial charge in [-0.2, -0.15) is 20.7 Å². The number of carbonyl (C=O) groups is 2. The quantitative estimate of drug-likeness (QED) is 0.171. The van der Waals surface area contributed by atoms with Gasteiger partial charge in [-0.15, -0.1) is 0 Å². The molecule has 0 unspecified atom stereocenters. The van der Waals surface area contributed by atoms with Gasteiger partial charge in [0.1, 0.15) is 23.3 Å². The molecule has 2 aromatic carbocycles. The van der Waals surface area contributed by atoms with Gasteiger partial charge in [-0.1, -0.05) is 12.1 Å². The van der Waals surface area contributed by atoms with E-state index < -0.39 is 11.9 Å². The molecule has 0 aliphatic heterocycles. The smallest absolute Gasteiger partial charge is 0.870 e. The predicted molar refractivity (Wildman–Crippen MR) is 184 cm³/mol. The van der Waals surface area contributed by atoms with Crippen molar-refractivity contribution in [2.75, 3.05) is 6.61 Å². The molecule has 2 aliphatic rings. The van der Waals surface area contributed by atoms with Crippen molar-refractivity contribution in [1.29, 1.82) is 10.5 Å². The molecule has 52 heavy (non-hydrogen) atoms. The monoisotopic (exact) mass is 704 g/mol. The molecule has 0 spiro atoms. The van der Waals surface area contributed by atoms with E-state index in [-0.39, 0.29) is 64.2 Å². The van der Waals surface area contributed by atoms with Crippen LogP contribution in [0.15, 0.2) is 73.3 Å². The number of carboxylic acids is 1. The number of esters is 1. The summed E-state index contributed by atoms with van der Waals surface area (Å²) < 4.78 is 8.07. The molecule has 0 atom stereocenters. The molecule has 4 heterocycles. The Labute approximate surface area is 321 Å². The molecule has 4 aromatic heterocycles. The first-order valence-corrected chi connectivity index (χ1v) is 16.4. The Morgan fingerprint density at radius 2 is 1.25 bits per heavy atom. The summed E-state index contributed by atoms with van der Waals surface area (Å²) in [6.45, 7) is 2.87. The van der Waals surface area contributed by atoms with Crippen molar-refractivity contribution in [3.8, 4) is 12.1 Å². The zero-order chi connectivity index (χ0) is 34.8. The van der Waals surface area contributed by atoms with E-state index in [0.717, 1.165) is 32.9 Å². The van der Waals surface area contributed by atoms with Crippen molar-refractivity contribution >= 4 is 33.7 Å². The number of hydrogen-bond donors (Lipinski definition) is 1. The number of ether oxygens (including phenoxy) is 1. The molecule has 2 N–H and O–H groups in total. The summed E-state index contributed by atoms with van der Waals surface area (Å²) in [5.41, 5.74) is 6.64. The fraction of sp³-hybridized carbons (Fsp3) is 0.263. The summed E-state index contributed by atoms with van der Waals surface area (Å²) in [5.74, 6) is -0.360. The zero-order valence-electron chi connectivity index (χ0n) is 28.7. The summed E-state index contributed by atoms with van der Waals surface area (Å²) in [7, 11) is 0. The van der Waals surface area contributed by atoms with E-state index >= 15 is 0 Å². The third-order valence-corrected chi connectivity index (χ3v) is 8.78. The average Bonchev–Trinajstić information content (AvgIpc) is 4.06. The second-order valence-corrected chi connectivity index (χ2v) is 12.6. The van der Waals surface area contributed by atoms with Gasteiger partial charge in [0.25, 0.3) is 0 Å². The largest absolute Gasteiger partial charge is 1.00 e. The van der Waals surface area contributed by atoms with Gasteiger partial charge in [0.15, 0.2) is 11.4 Å². The van der Waals surface area contributed by atoms with Crippen molar-refractivity contribution in [3.05, 3.63) is 118 Å². The summed E-state index contributed by atoms with van der Waals surface area (Å²) >= 11 is 0. The molecular formula is C38H33N8NaO5. The van der Waals surface area contributed by atoms with Crippen LogP contribution in [0, 0.1) is 22.7 Å². The van der Waals surface area contributed by atoms with Gasteiger partial charge in [0, 0.05) is 35.6 Å². The first kappa shape index (κ1) is 37.8. The summed E-state index contributed by atoms with van der Waals surface area (Å²) in [4.78, 5) is 32.1. The van der Waals surface area contributed by atoms with Gasteiger partial charge in [-0.3, -0.25) is 19.3 Å². The van der Waals surface area contributed by atoms with Crippen LogP contribution in [0.1, 0.15) is 98.8 Å². The van der Waals surface area contributed by atoms with Crippen LogP contribution in [0.25, 0.3) is 21.8 Å². The number of fused-ring (bicyclic) bond motifs is 2. The van der Waals surface area contributed by atoms with Crippen LogP contribution in [0.4, 0.5) is 0 Å². The first-order valence-electron chi connectivity index (χ1n) is 16.4. The van der Waals surface area contributed by atoms with Gasteiger partial charge in [-0.25, -0.2) is 9.59 Å². The minimum Gasteiger partial charge on any atom is -0.870 e. The topological polar surface area (TPSA) is 203 Å². The minimum atomic E-state index is -1.14. The zero-order valence-corrected chi connectivity index (χ0v) is 30.7. The van der Waals surface area contributed by atoms with Crippen molar-refractivity contribution in [3.63, 3.8) is 0 Å². The van der Waals surface area contributed by atoms with Crippen molar-refractivity contribution < 1.29 is 54.5 Å². The van der Waals surface area contributed by atoms with Crippen LogP contribution in [0.5, 0.6) is 0 Å². The average molecular weight is 705 g/mol. The molecule has 256 valence electrons. The van der Waals surface area contributed by atoms with Gasteiger partial charge in [0.05, 0.1) is 30.7 Å². The number of rotatable bonds is 9. The Morgan fingerprint density at radius 3 is 1.65 bits per heavy atom. The Balaban J connectivity index is 0.000000194. The number of carbonyl (C=O) groups excluding carboxylic acids is 1. The number of nitriles is 2. The molecule has 2 saturated carbocycles. The summed E-state index contributed by atoms with van der Waals surface area (Å²) in [6.07, 6.45) is 11.8. The molecule has 2 fully saturated rings. The molecule has 8 rings (SSSR count). The van der Waals surface area contributed by atoms with Crippen LogP contribution in [0.3, 0.4) is 0 Å². The van der Waals surface area contributed by atoms with Crippen molar-refractivity contribution in [2.24, 2.45) is 0 Å². The summed E-state index contributed by atoms with van der Waals surface area (Å²) in [5, 5.41) is 37.7. The number of pyridine rings is 2. The fourth-order valence-electron chi connectivity index (χ4n) is 5.93. The van der Waals surface area contributed by atoms with E-state index in [4.69, 9.17) is 15.1 Å². The molecular weight excluding hydrogens is 671 g/mol. The Kier molecular flexibility index (Phi) is 11.8. The third-order valence-electron chi connectivity index (χ3n) is 8.78. The van der Waals surface area contributed by atoms with Crippen molar-refractivity contribution in [1.82, 2.24) is 29.5 Å². The molecule has 13 nitrogen and oxygen atoms in total. The molecule has 6 aromatic rings. The van der Waals surface area contributed by atoms with Gasteiger partial charge in [0.2, 0.25) is 0 Å². The van der Waals surface area contributed by atoms with E-state index in [0.29, 0.717) is 24.9 Å². The number of nitrogens with zero attached hydrogens (tertiary/aromatic N) is 8. The van der Waals surface area contributed by atoms with Crippen LogP contribution < -0.4 is 29.6 Å². The van der Waals surface area contributed by atoms with Crippen LogP contribution in [-0.4, -0.2) is 58.7 Å². The van der Waals surface area contributed by atoms with Crippen LogP contribution in [0.2, 0.25) is 0 Å². The Morgan fingerprint density at radius 1 is 0.788 bits per heavy atom. The second-order valence-electron chi connectivity index (χ2n) is 12.6. The maximum atomic E-state index is 11.9. The molecule has 0 radical (unpaired) electrons. The number of aromatic carboxylic acids is 1. The summed E-state index contributed by atoms with van der Waals surface area (Å²) in [6, 6.07) is 20.2. The van der Waals surface area contributed by atoms with E-state index in [9.17, 15) is 14.9 Å². The van der Waals surface area contributed by atoms with Gasteiger partial charge >= 0.3 is 41.5 Å². The van der Waals surface area contributed by atoms with Crippen LogP contribution >= 0.6 is 0 Å². The van der Waals surface area contributed by atoms with Crippen molar-refractivity contribution in [2.45, 2.75) is 57.5 Å². The maximum Gasteiger partial charge on any atom is 1.00 e. The number of carboxylic acid groups (broad SMARTS) is 1. The Bertz CT molecular complexity index is 2370. The molecule has 2 aliphatic carbocycles. The molecule has 14 heteroatoms. The molecule has 0 bridgehead atoms. The second kappa shape index (κ2) is 16.3. The molecule has 0 amide bonds. The fourth-order valence-corrected chi connectivity index (χ4v) is 5.93. The van der Waals surface area contributed by atoms with E-state index in [1.54, 1.807) is 17.8 Å². The Hall–Kier alpha value is -5.44. The maximum absolute atomic E-state index is 11.9. The normalized spacial score (nSPS) is 13.1. The minimum absolute atomic E-state index is 0. The molecule has 0 saturated heterocycles. The van der Waals surface area contributed by atoms with Crippen LogP contribution in [-0.2, 0) is 17.8 Å². The number of benzene rings is 2. The SMILES string of the molecule is CCOC(=O)c1cn(Cc2ccc3ncc(C4CC4)cc3c2)nc1C#N.N#Cc1nn(Cc2ccc3ncc(C4CC4)cc3c2)cc1C(=O)O.[Na+].[OH-]. The first-order chi connectivity index (χ1) is 24.3. The van der Waals surface area contributed by atoms with E-state index in [1.807, 2.05) is 54.9 Å². The number of hydrogen-bond acceptors (Lipinski definition) is 10.